The minimum atomic E-state index is -0.405. The zero-order valence-electron chi connectivity index (χ0n) is 14.4. The van der Waals surface area contributed by atoms with Crippen LogP contribution in [0.4, 0.5) is 17.1 Å². The Morgan fingerprint density at radius 1 is 1.31 bits per heavy atom. The number of nitro groups is 1. The summed E-state index contributed by atoms with van der Waals surface area (Å²) >= 11 is 6.07. The van der Waals surface area contributed by atoms with E-state index in [9.17, 15) is 14.9 Å². The van der Waals surface area contributed by atoms with Crippen molar-refractivity contribution in [2.75, 3.05) is 24.4 Å². The van der Waals surface area contributed by atoms with Gasteiger partial charge in [-0.1, -0.05) is 11.6 Å². The number of hydrogen-bond acceptors (Lipinski definition) is 5. The summed E-state index contributed by atoms with van der Waals surface area (Å²) in [5.41, 5.74) is 2.61. The largest absolute Gasteiger partial charge is 0.496 e. The van der Waals surface area contributed by atoms with Crippen molar-refractivity contribution in [1.29, 1.82) is 0 Å². The second-order valence-corrected chi connectivity index (χ2v) is 6.55. The Balaban J connectivity index is 1.99. The summed E-state index contributed by atoms with van der Waals surface area (Å²) in [6.45, 7) is 0.358. The van der Waals surface area contributed by atoms with Gasteiger partial charge in [0.25, 0.3) is 5.69 Å². The molecule has 1 aliphatic heterocycles. The monoisotopic (exact) mass is 375 g/mol. The molecule has 0 fully saturated rings. The van der Waals surface area contributed by atoms with Crippen LogP contribution in [0.15, 0.2) is 30.3 Å². The number of ether oxygens (including phenoxy) is 1. The molecule has 2 aromatic rings. The summed E-state index contributed by atoms with van der Waals surface area (Å²) in [6.07, 6.45) is 0.827. The fourth-order valence-electron chi connectivity index (χ4n) is 3.07. The van der Waals surface area contributed by atoms with E-state index < -0.39 is 4.92 Å². The van der Waals surface area contributed by atoms with Gasteiger partial charge in [-0.2, -0.15) is 0 Å². The highest BCUT2D eigenvalue weighted by atomic mass is 35.5. The number of benzene rings is 2. The van der Waals surface area contributed by atoms with Gasteiger partial charge < -0.3 is 15.0 Å². The van der Waals surface area contributed by atoms with Crippen molar-refractivity contribution in [3.8, 4) is 5.75 Å². The average molecular weight is 376 g/mol. The zero-order chi connectivity index (χ0) is 18.8. The number of carbonyl (C=O) groups is 1. The number of methoxy groups -OCH3 is 1. The summed E-state index contributed by atoms with van der Waals surface area (Å²) in [4.78, 5) is 24.5. The van der Waals surface area contributed by atoms with Gasteiger partial charge >= 0.3 is 0 Å². The summed E-state index contributed by atoms with van der Waals surface area (Å²) in [6, 6.07) is 8.44. The molecule has 7 nitrogen and oxygen atoms in total. The van der Waals surface area contributed by atoms with Crippen LogP contribution in [0.2, 0.25) is 5.02 Å². The number of hydrogen-bond donors (Lipinski definition) is 1. The molecule has 0 aromatic heterocycles. The highest BCUT2D eigenvalue weighted by molar-refractivity contribution is 6.30. The molecule has 0 bridgehead atoms. The number of rotatable bonds is 5. The number of halogens is 1. The van der Waals surface area contributed by atoms with Crippen molar-refractivity contribution in [3.63, 3.8) is 0 Å². The van der Waals surface area contributed by atoms with Crippen molar-refractivity contribution >= 4 is 34.6 Å². The number of fused-ring (bicyclic) bond motifs is 1. The van der Waals surface area contributed by atoms with Gasteiger partial charge in [-0.3, -0.25) is 14.9 Å². The molecular formula is C18H18ClN3O4. The second-order valence-electron chi connectivity index (χ2n) is 6.12. The van der Waals surface area contributed by atoms with Gasteiger partial charge in [0, 0.05) is 42.4 Å². The lowest BCUT2D eigenvalue weighted by atomic mass is 10.0. The number of aryl methyl sites for hydroxylation is 1. The van der Waals surface area contributed by atoms with Crippen LogP contribution in [0.25, 0.3) is 0 Å². The molecular weight excluding hydrogens is 358 g/mol. The fourth-order valence-corrected chi connectivity index (χ4v) is 3.26. The first-order valence-corrected chi connectivity index (χ1v) is 8.41. The lowest BCUT2D eigenvalue weighted by molar-refractivity contribution is -0.384. The molecule has 1 amide bonds. The van der Waals surface area contributed by atoms with Crippen molar-refractivity contribution in [1.82, 2.24) is 0 Å². The molecule has 0 radical (unpaired) electrons. The molecule has 8 heteroatoms. The quantitative estimate of drug-likeness (QED) is 0.635. The fraction of sp³-hybridized carbons (Fsp3) is 0.278. The molecule has 2 aromatic carbocycles. The van der Waals surface area contributed by atoms with E-state index in [1.807, 2.05) is 0 Å². The molecule has 0 spiro atoms. The van der Waals surface area contributed by atoms with E-state index in [2.05, 4.69) is 5.32 Å². The molecule has 1 heterocycles. The van der Waals surface area contributed by atoms with Crippen LogP contribution >= 0.6 is 11.6 Å². The molecule has 1 aliphatic rings. The highest BCUT2D eigenvalue weighted by Gasteiger charge is 2.24. The van der Waals surface area contributed by atoms with E-state index >= 15 is 0 Å². The van der Waals surface area contributed by atoms with E-state index in [-0.39, 0.29) is 11.6 Å². The molecule has 3 rings (SSSR count). The average Bonchev–Trinajstić information content (AvgIpc) is 2.60. The van der Waals surface area contributed by atoms with E-state index in [1.165, 1.54) is 6.07 Å². The van der Waals surface area contributed by atoms with Crippen LogP contribution in [0.3, 0.4) is 0 Å². The van der Waals surface area contributed by atoms with Crippen molar-refractivity contribution in [3.05, 3.63) is 56.6 Å². The van der Waals surface area contributed by atoms with Gasteiger partial charge in [0.15, 0.2) is 0 Å². The molecule has 0 aliphatic carbocycles. The molecule has 0 unspecified atom stereocenters. The first kappa shape index (κ1) is 18.0. The Hall–Kier alpha value is -2.80. The van der Waals surface area contributed by atoms with Crippen molar-refractivity contribution < 1.29 is 14.5 Å². The maximum absolute atomic E-state index is 11.6. The van der Waals surface area contributed by atoms with Crippen LogP contribution in [-0.2, 0) is 17.8 Å². The first-order valence-electron chi connectivity index (χ1n) is 8.03. The van der Waals surface area contributed by atoms with Gasteiger partial charge in [0.1, 0.15) is 11.4 Å². The third kappa shape index (κ3) is 3.57. The third-order valence-corrected chi connectivity index (χ3v) is 4.59. The lowest BCUT2D eigenvalue weighted by Gasteiger charge is -2.24. The summed E-state index contributed by atoms with van der Waals surface area (Å²) < 4.78 is 5.34. The molecule has 136 valence electrons. The maximum atomic E-state index is 11.6. The minimum absolute atomic E-state index is 0.00314. The number of nitrogens with one attached hydrogen (secondary N) is 1. The number of amides is 1. The zero-order valence-corrected chi connectivity index (χ0v) is 15.2. The number of nitrogens with zero attached hydrogens (tertiary/aromatic N) is 2. The van der Waals surface area contributed by atoms with Crippen LogP contribution in [0.5, 0.6) is 5.75 Å². The molecule has 1 N–H and O–H groups in total. The van der Waals surface area contributed by atoms with Crippen LogP contribution in [-0.4, -0.2) is 25.0 Å². The Morgan fingerprint density at radius 3 is 2.77 bits per heavy atom. The number of carbonyl (C=O) groups excluding carboxylic acids is 1. The Labute approximate surface area is 155 Å². The highest BCUT2D eigenvalue weighted by Crippen LogP contribution is 2.37. The predicted octanol–water partition coefficient (Wildman–Crippen LogP) is 3.78. The van der Waals surface area contributed by atoms with Crippen molar-refractivity contribution in [2.45, 2.75) is 19.4 Å². The lowest BCUT2D eigenvalue weighted by Crippen LogP contribution is -2.22. The van der Waals surface area contributed by atoms with Crippen LogP contribution < -0.4 is 15.0 Å². The van der Waals surface area contributed by atoms with E-state index in [0.717, 1.165) is 11.1 Å². The number of anilines is 2. The van der Waals surface area contributed by atoms with Gasteiger partial charge in [-0.25, -0.2) is 0 Å². The topological polar surface area (TPSA) is 84.7 Å². The minimum Gasteiger partial charge on any atom is -0.496 e. The van der Waals surface area contributed by atoms with E-state index in [1.54, 1.807) is 43.3 Å². The van der Waals surface area contributed by atoms with Crippen LogP contribution in [0.1, 0.15) is 17.5 Å². The van der Waals surface area contributed by atoms with E-state index in [0.29, 0.717) is 41.5 Å². The van der Waals surface area contributed by atoms with E-state index in [4.69, 9.17) is 16.3 Å². The summed E-state index contributed by atoms with van der Waals surface area (Å²) in [5.74, 6) is 0.562. The Morgan fingerprint density at radius 2 is 2.08 bits per heavy atom. The van der Waals surface area contributed by atoms with Gasteiger partial charge in [-0.15, -0.1) is 0 Å². The number of nitro benzene ring substituents is 1. The van der Waals surface area contributed by atoms with Gasteiger partial charge in [0.05, 0.1) is 12.0 Å². The smallest absolute Gasteiger partial charge is 0.292 e. The molecule has 0 atom stereocenters. The molecule has 0 saturated carbocycles. The Bertz CT molecular complexity index is 885. The van der Waals surface area contributed by atoms with Gasteiger partial charge in [0.2, 0.25) is 5.91 Å². The molecule has 0 saturated heterocycles. The second kappa shape index (κ2) is 7.21. The third-order valence-electron chi connectivity index (χ3n) is 4.35. The SMILES string of the molecule is COc1ccc(Cl)cc1CN(C)c1cc2c(cc1[N+](=O)[O-])CCC(=O)N2. The van der Waals surface area contributed by atoms with Gasteiger partial charge in [-0.05, 0) is 36.2 Å². The normalized spacial score (nSPS) is 13.0. The van der Waals surface area contributed by atoms with Crippen LogP contribution in [0, 0.1) is 10.1 Å². The summed E-state index contributed by atoms with van der Waals surface area (Å²) in [5, 5.41) is 14.9. The molecule has 26 heavy (non-hydrogen) atoms. The standard InChI is InChI=1S/C18H18ClN3O4/c1-21(10-12-7-13(19)4-5-17(12)26-2)15-9-14-11(3-6-18(23)20-14)8-16(15)22(24)25/h4-5,7-9H,3,6,10H2,1-2H3,(H,20,23). The predicted molar refractivity (Wildman–Crippen MR) is 100 cm³/mol. The van der Waals surface area contributed by atoms with Crippen molar-refractivity contribution in [2.24, 2.45) is 0 Å². The first-order chi connectivity index (χ1) is 12.4. The maximum Gasteiger partial charge on any atom is 0.292 e. The Kier molecular flexibility index (Phi) is 4.99. The summed E-state index contributed by atoms with van der Waals surface area (Å²) in [7, 11) is 3.31.